The highest BCUT2D eigenvalue weighted by molar-refractivity contribution is 4.57. The molecule has 1 heteroatoms. The number of likely N-dealkylation sites (tertiary alicyclic amines) is 1. The fourth-order valence-electron chi connectivity index (χ4n) is 5.43. The van der Waals surface area contributed by atoms with E-state index < -0.39 is 0 Å². The van der Waals surface area contributed by atoms with Gasteiger partial charge in [0.1, 0.15) is 0 Å². The number of rotatable bonds is 22. The molecule has 1 saturated heterocycles. The second-order valence-electron chi connectivity index (χ2n) is 10.3. The Morgan fingerprint density at radius 3 is 0.966 bits per heavy atom. The monoisotopic (exact) mass is 408 g/mol. The number of hydrogen-bond donors (Lipinski definition) is 0. The molecule has 0 unspecified atom stereocenters. The standard InChI is InChI=1S/C28H58N/c1-3-5-7-9-11-12-13-14-15-16-17-18-20-22-26-29(27-23-24-28-29)25-21-19-10-8-6-4-2/h3-28H2,1-2H3/q+1. The van der Waals surface area contributed by atoms with Gasteiger partial charge in [-0.2, -0.15) is 0 Å². The van der Waals surface area contributed by atoms with E-state index in [4.69, 9.17) is 0 Å². The van der Waals surface area contributed by atoms with Crippen molar-refractivity contribution in [1.29, 1.82) is 0 Å². The topological polar surface area (TPSA) is 0 Å². The van der Waals surface area contributed by atoms with Crippen LogP contribution in [-0.4, -0.2) is 30.7 Å². The van der Waals surface area contributed by atoms with Crippen molar-refractivity contribution in [2.75, 3.05) is 26.2 Å². The second-order valence-corrected chi connectivity index (χ2v) is 10.3. The maximum Gasteiger partial charge on any atom is 0.0788 e. The average molecular weight is 409 g/mol. The molecule has 1 heterocycles. The van der Waals surface area contributed by atoms with Crippen LogP contribution in [0.5, 0.6) is 0 Å². The van der Waals surface area contributed by atoms with Gasteiger partial charge in [0.15, 0.2) is 0 Å². The summed E-state index contributed by atoms with van der Waals surface area (Å²) in [5.41, 5.74) is 0. The molecule has 1 fully saturated rings. The third-order valence-corrected chi connectivity index (χ3v) is 7.49. The van der Waals surface area contributed by atoms with Crippen molar-refractivity contribution in [3.63, 3.8) is 0 Å². The molecule has 1 rings (SSSR count). The van der Waals surface area contributed by atoms with E-state index in [0.717, 1.165) is 0 Å². The van der Waals surface area contributed by atoms with Crippen LogP contribution in [0, 0.1) is 0 Å². The van der Waals surface area contributed by atoms with Crippen molar-refractivity contribution in [3.8, 4) is 0 Å². The minimum absolute atomic E-state index is 1.37. The smallest absolute Gasteiger partial charge is 0.0788 e. The molecule has 1 aliphatic heterocycles. The lowest BCUT2D eigenvalue weighted by molar-refractivity contribution is -0.917. The van der Waals surface area contributed by atoms with E-state index in [9.17, 15) is 0 Å². The van der Waals surface area contributed by atoms with Gasteiger partial charge in [-0.3, -0.25) is 0 Å². The molecule has 0 atom stereocenters. The Labute approximate surface area is 186 Å². The maximum absolute atomic E-state index is 2.32. The molecular weight excluding hydrogens is 350 g/mol. The quantitative estimate of drug-likeness (QED) is 0.124. The van der Waals surface area contributed by atoms with Gasteiger partial charge in [0.25, 0.3) is 0 Å². The van der Waals surface area contributed by atoms with E-state index in [2.05, 4.69) is 13.8 Å². The predicted octanol–water partition coefficient (Wildman–Crippen LogP) is 9.44. The number of unbranched alkanes of at least 4 members (excludes halogenated alkanes) is 18. The van der Waals surface area contributed by atoms with E-state index in [1.165, 1.54) is 172 Å². The first-order chi connectivity index (χ1) is 14.3. The van der Waals surface area contributed by atoms with Crippen molar-refractivity contribution in [1.82, 2.24) is 0 Å². The Morgan fingerprint density at radius 2 is 0.655 bits per heavy atom. The van der Waals surface area contributed by atoms with Crippen LogP contribution in [0.25, 0.3) is 0 Å². The zero-order valence-electron chi connectivity index (χ0n) is 20.8. The van der Waals surface area contributed by atoms with E-state index in [-0.39, 0.29) is 0 Å². The molecule has 0 amide bonds. The highest BCUT2D eigenvalue weighted by atomic mass is 15.4. The van der Waals surface area contributed by atoms with Crippen LogP contribution in [0.3, 0.4) is 0 Å². The highest BCUT2D eigenvalue weighted by Crippen LogP contribution is 2.23. The Hall–Kier alpha value is -0.0400. The van der Waals surface area contributed by atoms with E-state index >= 15 is 0 Å². The number of quaternary nitrogens is 1. The summed E-state index contributed by atoms with van der Waals surface area (Å²) < 4.78 is 1.49. The molecule has 0 aromatic heterocycles. The molecule has 1 nitrogen and oxygen atoms in total. The molecule has 0 bridgehead atoms. The predicted molar refractivity (Wildman–Crippen MR) is 133 cm³/mol. The van der Waals surface area contributed by atoms with Gasteiger partial charge < -0.3 is 4.48 Å². The molecule has 0 saturated carbocycles. The summed E-state index contributed by atoms with van der Waals surface area (Å²) in [5.74, 6) is 0. The SMILES string of the molecule is CCCCCCCCCCCCCCCC[N+]1(CCCCCCCC)CCCC1. The minimum atomic E-state index is 1.37. The van der Waals surface area contributed by atoms with Crippen molar-refractivity contribution in [2.24, 2.45) is 0 Å². The molecular formula is C28H58N+. The van der Waals surface area contributed by atoms with Gasteiger partial charge >= 0.3 is 0 Å². The molecule has 0 spiro atoms. The molecule has 1 aliphatic rings. The molecule has 0 radical (unpaired) electrons. The molecule has 29 heavy (non-hydrogen) atoms. The summed E-state index contributed by atoms with van der Waals surface area (Å²) in [4.78, 5) is 0. The summed E-state index contributed by atoms with van der Waals surface area (Å²) in [6.07, 6.45) is 32.4. The van der Waals surface area contributed by atoms with Gasteiger partial charge in [0, 0.05) is 12.8 Å². The maximum atomic E-state index is 2.32. The van der Waals surface area contributed by atoms with Crippen molar-refractivity contribution in [3.05, 3.63) is 0 Å². The summed E-state index contributed by atoms with van der Waals surface area (Å²) in [6.45, 7) is 10.6. The Kier molecular flexibility index (Phi) is 18.5. The normalized spacial score (nSPS) is 15.9. The molecule has 0 aromatic rings. The first kappa shape index (κ1) is 27.0. The third-order valence-electron chi connectivity index (χ3n) is 7.49. The van der Waals surface area contributed by atoms with Gasteiger partial charge in [-0.25, -0.2) is 0 Å². The van der Waals surface area contributed by atoms with Gasteiger partial charge in [0.05, 0.1) is 26.2 Å². The molecule has 0 aliphatic carbocycles. The fourth-order valence-corrected chi connectivity index (χ4v) is 5.43. The van der Waals surface area contributed by atoms with Gasteiger partial charge in [-0.1, -0.05) is 117 Å². The highest BCUT2D eigenvalue weighted by Gasteiger charge is 2.30. The van der Waals surface area contributed by atoms with Crippen LogP contribution in [0.2, 0.25) is 0 Å². The lowest BCUT2D eigenvalue weighted by Crippen LogP contribution is -2.46. The van der Waals surface area contributed by atoms with Gasteiger partial charge in [-0.15, -0.1) is 0 Å². The van der Waals surface area contributed by atoms with Crippen LogP contribution in [0.4, 0.5) is 0 Å². The van der Waals surface area contributed by atoms with Crippen LogP contribution >= 0.6 is 0 Å². The first-order valence-electron chi connectivity index (χ1n) is 14.2. The summed E-state index contributed by atoms with van der Waals surface area (Å²) >= 11 is 0. The first-order valence-corrected chi connectivity index (χ1v) is 14.2. The molecule has 0 N–H and O–H groups in total. The van der Waals surface area contributed by atoms with Gasteiger partial charge in [-0.05, 0) is 25.7 Å². The van der Waals surface area contributed by atoms with E-state index in [1.807, 2.05) is 0 Å². The molecule has 174 valence electrons. The third kappa shape index (κ3) is 15.4. The van der Waals surface area contributed by atoms with Gasteiger partial charge in [0.2, 0.25) is 0 Å². The lowest BCUT2D eigenvalue weighted by atomic mass is 10.0. The minimum Gasteiger partial charge on any atom is -0.324 e. The largest absolute Gasteiger partial charge is 0.324 e. The number of hydrogen-bond acceptors (Lipinski definition) is 0. The fraction of sp³-hybridized carbons (Fsp3) is 1.00. The van der Waals surface area contributed by atoms with Crippen molar-refractivity contribution < 1.29 is 4.48 Å². The van der Waals surface area contributed by atoms with Crippen LogP contribution in [-0.2, 0) is 0 Å². The average Bonchev–Trinajstić information content (AvgIpc) is 3.20. The zero-order chi connectivity index (χ0) is 20.9. The van der Waals surface area contributed by atoms with Crippen molar-refractivity contribution in [2.45, 2.75) is 155 Å². The van der Waals surface area contributed by atoms with Crippen LogP contribution < -0.4 is 0 Å². The second kappa shape index (κ2) is 19.9. The summed E-state index contributed by atoms with van der Waals surface area (Å²) in [5, 5.41) is 0. The number of nitrogens with zero attached hydrogens (tertiary/aromatic N) is 1. The van der Waals surface area contributed by atoms with Crippen LogP contribution in [0.15, 0.2) is 0 Å². The van der Waals surface area contributed by atoms with E-state index in [0.29, 0.717) is 0 Å². The lowest BCUT2D eigenvalue weighted by Gasteiger charge is -2.34. The summed E-state index contributed by atoms with van der Waals surface area (Å²) in [6, 6.07) is 0. The Bertz CT molecular complexity index is 318. The summed E-state index contributed by atoms with van der Waals surface area (Å²) in [7, 11) is 0. The van der Waals surface area contributed by atoms with Crippen molar-refractivity contribution >= 4 is 0 Å². The Balaban J connectivity index is 1.90. The molecule has 0 aromatic carbocycles. The Morgan fingerprint density at radius 1 is 0.379 bits per heavy atom. The zero-order valence-corrected chi connectivity index (χ0v) is 20.8. The van der Waals surface area contributed by atoms with Crippen LogP contribution in [0.1, 0.15) is 155 Å². The van der Waals surface area contributed by atoms with E-state index in [1.54, 1.807) is 0 Å².